The fourth-order valence-corrected chi connectivity index (χ4v) is 6.67. The molecule has 0 saturated heterocycles. The number of hydrogen-bond donors (Lipinski definition) is 1. The molecular formula is C28H46O. The van der Waals surface area contributed by atoms with Crippen LogP contribution in [0.4, 0.5) is 0 Å². The van der Waals surface area contributed by atoms with Crippen LogP contribution in [0.5, 0.6) is 0 Å². The Bertz CT molecular complexity index is 639. The predicted octanol–water partition coefficient (Wildman–Crippen LogP) is 7.87. The van der Waals surface area contributed by atoms with E-state index in [4.69, 9.17) is 0 Å². The summed E-state index contributed by atoms with van der Waals surface area (Å²) in [6.07, 6.45) is 16.8. The van der Waals surface area contributed by atoms with Gasteiger partial charge in [-0.25, -0.2) is 0 Å². The zero-order valence-corrected chi connectivity index (χ0v) is 19.8. The van der Waals surface area contributed by atoms with Gasteiger partial charge in [0, 0.05) is 0 Å². The van der Waals surface area contributed by atoms with Gasteiger partial charge >= 0.3 is 0 Å². The van der Waals surface area contributed by atoms with E-state index in [-0.39, 0.29) is 6.10 Å². The van der Waals surface area contributed by atoms with E-state index in [0.29, 0.717) is 5.41 Å². The molecule has 6 atom stereocenters. The lowest BCUT2D eigenvalue weighted by atomic mass is 9.60. The molecule has 164 valence electrons. The molecule has 0 heterocycles. The minimum atomic E-state index is -0.174. The monoisotopic (exact) mass is 398 g/mol. The largest absolute Gasteiger partial charge is 0.393 e. The van der Waals surface area contributed by atoms with Gasteiger partial charge < -0.3 is 5.11 Å². The molecule has 0 radical (unpaired) electrons. The van der Waals surface area contributed by atoms with Crippen molar-refractivity contribution in [3.05, 3.63) is 35.5 Å². The lowest BCUT2D eigenvalue weighted by molar-refractivity contribution is 0.0907. The molecule has 29 heavy (non-hydrogen) atoms. The van der Waals surface area contributed by atoms with Gasteiger partial charge in [-0.2, -0.15) is 0 Å². The van der Waals surface area contributed by atoms with Crippen molar-refractivity contribution in [3.8, 4) is 0 Å². The van der Waals surface area contributed by atoms with Crippen molar-refractivity contribution in [2.75, 3.05) is 0 Å². The average Bonchev–Trinajstić information content (AvgIpc) is 3.04. The molecule has 0 bridgehead atoms. The third kappa shape index (κ3) is 5.09. The van der Waals surface area contributed by atoms with E-state index in [2.05, 4.69) is 53.3 Å². The van der Waals surface area contributed by atoms with Crippen molar-refractivity contribution in [2.24, 2.45) is 35.0 Å². The van der Waals surface area contributed by atoms with Gasteiger partial charge in [0.05, 0.1) is 6.10 Å². The van der Waals surface area contributed by atoms with E-state index in [0.717, 1.165) is 48.9 Å². The van der Waals surface area contributed by atoms with Crippen LogP contribution < -0.4 is 0 Å². The minimum absolute atomic E-state index is 0.174. The number of aliphatic hydroxyl groups is 1. The van der Waals surface area contributed by atoms with Crippen molar-refractivity contribution in [2.45, 2.75) is 105 Å². The Morgan fingerprint density at radius 1 is 1.07 bits per heavy atom. The Hall–Kier alpha value is -0.820. The molecule has 3 aliphatic rings. The maximum Gasteiger partial charge on any atom is 0.0583 e. The van der Waals surface area contributed by atoms with Crippen molar-refractivity contribution in [1.82, 2.24) is 0 Å². The highest BCUT2D eigenvalue weighted by Crippen LogP contribution is 2.60. The topological polar surface area (TPSA) is 20.2 Å². The third-order valence-corrected chi connectivity index (χ3v) is 9.13. The van der Waals surface area contributed by atoms with E-state index in [1.165, 1.54) is 56.1 Å². The molecule has 3 saturated carbocycles. The Morgan fingerprint density at radius 2 is 1.83 bits per heavy atom. The zero-order chi connectivity index (χ0) is 21.2. The number of fused-ring (bicyclic) bond motifs is 1. The molecule has 1 N–H and O–H groups in total. The van der Waals surface area contributed by atoms with Gasteiger partial charge in [0.2, 0.25) is 0 Å². The van der Waals surface area contributed by atoms with Crippen molar-refractivity contribution in [1.29, 1.82) is 0 Å². The molecule has 1 nitrogen and oxygen atoms in total. The summed E-state index contributed by atoms with van der Waals surface area (Å²) in [5.74, 6) is 4.14. The lowest BCUT2D eigenvalue weighted by Crippen LogP contribution is -2.36. The highest BCUT2D eigenvalue weighted by Gasteiger charge is 2.50. The maximum atomic E-state index is 10.0. The first-order chi connectivity index (χ1) is 13.7. The second kappa shape index (κ2) is 9.54. The summed E-state index contributed by atoms with van der Waals surface area (Å²) in [4.78, 5) is 0. The number of hydrogen-bond acceptors (Lipinski definition) is 1. The number of rotatable bonds is 6. The Labute approximate surface area is 180 Å². The fraction of sp³-hybridized carbons (Fsp3) is 0.786. The van der Waals surface area contributed by atoms with Gasteiger partial charge in [0.15, 0.2) is 0 Å². The summed E-state index contributed by atoms with van der Waals surface area (Å²) >= 11 is 0. The molecule has 0 aromatic heterocycles. The van der Waals surface area contributed by atoms with Gasteiger partial charge in [0.1, 0.15) is 0 Å². The molecule has 3 rings (SSSR count). The molecule has 1 heteroatoms. The molecule has 0 aromatic rings. The van der Waals surface area contributed by atoms with Crippen LogP contribution in [0.25, 0.3) is 0 Å². The Kier molecular flexibility index (Phi) is 7.52. The summed E-state index contributed by atoms with van der Waals surface area (Å²) in [5, 5.41) is 10.0. The van der Waals surface area contributed by atoms with Crippen LogP contribution in [0.1, 0.15) is 98.8 Å². The van der Waals surface area contributed by atoms with Gasteiger partial charge in [-0.1, -0.05) is 77.3 Å². The van der Waals surface area contributed by atoms with Crippen molar-refractivity contribution in [3.63, 3.8) is 0 Å². The smallest absolute Gasteiger partial charge is 0.0583 e. The van der Waals surface area contributed by atoms with E-state index in [9.17, 15) is 5.11 Å². The highest BCUT2D eigenvalue weighted by molar-refractivity contribution is 5.36. The standard InChI is InChI=1S/C28H46O/c1-19(2)20(3)9-10-22(5)26-15-16-27-23(8-7-17-28(26,27)6)12-13-24-18-25(29)14-11-21(24)4/h12-13,19-20,22,25-27,29H,4,7-11,14-18H2,1-3,5-6H3/t20-,22+,25-,26+,27-,28+/m0/s1. The summed E-state index contributed by atoms with van der Waals surface area (Å²) in [6, 6.07) is 0. The summed E-state index contributed by atoms with van der Waals surface area (Å²) < 4.78 is 0. The number of allylic oxidation sites excluding steroid dienone is 4. The van der Waals surface area contributed by atoms with Crippen LogP contribution in [0.15, 0.2) is 35.5 Å². The molecule has 0 amide bonds. The molecule has 0 unspecified atom stereocenters. The quantitative estimate of drug-likeness (QED) is 0.482. The predicted molar refractivity (Wildman–Crippen MR) is 126 cm³/mol. The van der Waals surface area contributed by atoms with Crippen LogP contribution in [0.2, 0.25) is 0 Å². The van der Waals surface area contributed by atoms with E-state index < -0.39 is 0 Å². The van der Waals surface area contributed by atoms with Crippen LogP contribution in [-0.2, 0) is 0 Å². The van der Waals surface area contributed by atoms with E-state index >= 15 is 0 Å². The summed E-state index contributed by atoms with van der Waals surface area (Å²) in [6.45, 7) is 16.6. The molecule has 0 spiro atoms. The normalized spacial score (nSPS) is 37.9. The summed E-state index contributed by atoms with van der Waals surface area (Å²) in [5.41, 5.74) is 4.70. The second-order valence-corrected chi connectivity index (χ2v) is 11.3. The summed E-state index contributed by atoms with van der Waals surface area (Å²) in [7, 11) is 0. The zero-order valence-electron chi connectivity index (χ0n) is 19.8. The second-order valence-electron chi connectivity index (χ2n) is 11.3. The van der Waals surface area contributed by atoms with E-state index in [1.807, 2.05) is 0 Å². The Morgan fingerprint density at radius 3 is 2.55 bits per heavy atom. The SMILES string of the molecule is C=C1CC[C@H](O)CC1=CC=C1CCC[C@]2(C)[C@@H]([C@H](C)CC[C@H](C)C(C)C)CC[C@@H]12. The first kappa shape index (κ1) is 22.9. The van der Waals surface area contributed by atoms with Gasteiger partial charge in [0.25, 0.3) is 0 Å². The van der Waals surface area contributed by atoms with Gasteiger partial charge in [-0.05, 0) is 91.9 Å². The van der Waals surface area contributed by atoms with Crippen LogP contribution in [-0.4, -0.2) is 11.2 Å². The molecule has 0 aliphatic heterocycles. The highest BCUT2D eigenvalue weighted by atomic mass is 16.3. The first-order valence-electron chi connectivity index (χ1n) is 12.5. The number of aliphatic hydroxyl groups excluding tert-OH is 1. The van der Waals surface area contributed by atoms with Crippen LogP contribution in [0.3, 0.4) is 0 Å². The van der Waals surface area contributed by atoms with Gasteiger partial charge in [-0.15, -0.1) is 0 Å². The lowest BCUT2D eigenvalue weighted by Gasteiger charge is -2.44. The van der Waals surface area contributed by atoms with Crippen molar-refractivity contribution >= 4 is 0 Å². The fourth-order valence-electron chi connectivity index (χ4n) is 6.67. The minimum Gasteiger partial charge on any atom is -0.393 e. The molecular weight excluding hydrogens is 352 g/mol. The Balaban J connectivity index is 1.70. The maximum absolute atomic E-state index is 10.0. The van der Waals surface area contributed by atoms with Crippen molar-refractivity contribution < 1.29 is 5.11 Å². The average molecular weight is 399 g/mol. The van der Waals surface area contributed by atoms with Crippen LogP contribution >= 0.6 is 0 Å². The van der Waals surface area contributed by atoms with E-state index in [1.54, 1.807) is 5.57 Å². The molecule has 3 aliphatic carbocycles. The van der Waals surface area contributed by atoms with Gasteiger partial charge in [-0.3, -0.25) is 0 Å². The van der Waals surface area contributed by atoms with Crippen LogP contribution in [0, 0.1) is 35.0 Å². The molecule has 3 fully saturated rings. The third-order valence-electron chi connectivity index (χ3n) is 9.13. The molecule has 0 aromatic carbocycles. The first-order valence-corrected chi connectivity index (χ1v) is 12.5.